The van der Waals surface area contributed by atoms with Crippen LogP contribution >= 0.6 is 11.8 Å². The van der Waals surface area contributed by atoms with Gasteiger partial charge in [-0.05, 0) is 50.6 Å². The van der Waals surface area contributed by atoms with Crippen LogP contribution in [0.4, 0.5) is 0 Å². The molecule has 0 aliphatic carbocycles. The molecule has 2 aromatic rings. The molecule has 1 unspecified atom stereocenters. The van der Waals surface area contributed by atoms with Crippen molar-refractivity contribution in [2.45, 2.75) is 37.8 Å². The minimum Gasteiger partial charge on any atom is -0.486 e. The summed E-state index contributed by atoms with van der Waals surface area (Å²) < 4.78 is 11.2. The summed E-state index contributed by atoms with van der Waals surface area (Å²) >= 11 is 1.36. The number of nitrogens with one attached hydrogen (secondary N) is 2. The van der Waals surface area contributed by atoms with E-state index in [1.165, 1.54) is 11.8 Å². The number of hydrogen-bond acceptors (Lipinski definition) is 5. The van der Waals surface area contributed by atoms with Gasteiger partial charge in [-0.15, -0.1) is 11.8 Å². The number of rotatable bonds is 7. The number of thioether (sulfide) groups is 1. The molecule has 2 aromatic carbocycles. The summed E-state index contributed by atoms with van der Waals surface area (Å²) in [5.74, 6) is 1.45. The number of hydrogen-bond donors (Lipinski definition) is 2. The fraction of sp³-hybridized carbons (Fsp3) is 0.364. The molecule has 154 valence electrons. The average Bonchev–Trinajstić information content (AvgIpc) is 2.71. The van der Waals surface area contributed by atoms with Gasteiger partial charge >= 0.3 is 0 Å². The fourth-order valence-electron chi connectivity index (χ4n) is 2.97. The van der Waals surface area contributed by atoms with E-state index < -0.39 is 0 Å². The Morgan fingerprint density at radius 3 is 2.48 bits per heavy atom. The lowest BCUT2D eigenvalue weighted by Gasteiger charge is -2.21. The van der Waals surface area contributed by atoms with Gasteiger partial charge < -0.3 is 20.1 Å². The van der Waals surface area contributed by atoms with Gasteiger partial charge in [-0.2, -0.15) is 0 Å². The minimum atomic E-state index is -0.208. The average molecular weight is 415 g/mol. The highest BCUT2D eigenvalue weighted by molar-refractivity contribution is 8.00. The van der Waals surface area contributed by atoms with Crippen molar-refractivity contribution in [1.82, 2.24) is 10.6 Å². The van der Waals surface area contributed by atoms with Crippen LogP contribution in [0.15, 0.2) is 47.4 Å². The molecule has 6 nitrogen and oxygen atoms in total. The Balaban J connectivity index is 1.66. The molecule has 2 amide bonds. The van der Waals surface area contributed by atoms with E-state index in [0.717, 1.165) is 16.2 Å². The summed E-state index contributed by atoms with van der Waals surface area (Å²) in [7, 11) is 0. The van der Waals surface area contributed by atoms with Gasteiger partial charge in [0.15, 0.2) is 11.5 Å². The third-order valence-corrected chi connectivity index (χ3v) is 5.43. The molecule has 2 N–H and O–H groups in total. The van der Waals surface area contributed by atoms with Crippen LogP contribution in [0, 0.1) is 0 Å². The molecule has 0 spiro atoms. The van der Waals surface area contributed by atoms with E-state index in [1.807, 2.05) is 57.2 Å². The Labute approximate surface area is 175 Å². The maximum atomic E-state index is 12.9. The number of benzene rings is 2. The van der Waals surface area contributed by atoms with Gasteiger partial charge in [0, 0.05) is 10.9 Å². The lowest BCUT2D eigenvalue weighted by atomic mass is 10.1. The molecule has 0 bridgehead atoms. The van der Waals surface area contributed by atoms with Crippen molar-refractivity contribution < 1.29 is 19.1 Å². The Hall–Kier alpha value is -2.67. The van der Waals surface area contributed by atoms with Crippen molar-refractivity contribution in [2.24, 2.45) is 0 Å². The highest BCUT2D eigenvalue weighted by Gasteiger charge is 2.18. The number of ether oxygens (including phenoxy) is 2. The second-order valence-corrected chi connectivity index (χ2v) is 8.12. The molecule has 0 saturated heterocycles. The van der Waals surface area contributed by atoms with Gasteiger partial charge in [-0.3, -0.25) is 9.59 Å². The molecule has 29 heavy (non-hydrogen) atoms. The summed E-state index contributed by atoms with van der Waals surface area (Å²) in [6.07, 6.45) is 0. The zero-order valence-electron chi connectivity index (χ0n) is 16.9. The maximum Gasteiger partial charge on any atom is 0.252 e. The van der Waals surface area contributed by atoms with Crippen molar-refractivity contribution in [3.8, 4) is 11.5 Å². The Morgan fingerprint density at radius 1 is 1.00 bits per heavy atom. The predicted molar refractivity (Wildman–Crippen MR) is 114 cm³/mol. The molecule has 1 aliphatic rings. The Kier molecular flexibility index (Phi) is 7.04. The third kappa shape index (κ3) is 5.67. The minimum absolute atomic E-state index is 0.0511. The first-order valence-electron chi connectivity index (χ1n) is 9.65. The van der Waals surface area contributed by atoms with Crippen LogP contribution in [0.3, 0.4) is 0 Å². The molecular formula is C22H26N2O4S. The van der Waals surface area contributed by atoms with E-state index in [1.54, 1.807) is 6.07 Å². The van der Waals surface area contributed by atoms with Crippen LogP contribution in [0.2, 0.25) is 0 Å². The first-order chi connectivity index (χ1) is 13.9. The summed E-state index contributed by atoms with van der Waals surface area (Å²) in [5.41, 5.74) is 1.49. The third-order valence-electron chi connectivity index (χ3n) is 4.35. The van der Waals surface area contributed by atoms with Crippen molar-refractivity contribution in [3.63, 3.8) is 0 Å². The molecular weight excluding hydrogens is 388 g/mol. The highest BCUT2D eigenvalue weighted by atomic mass is 32.2. The molecule has 1 heterocycles. The molecule has 1 aliphatic heterocycles. The summed E-state index contributed by atoms with van der Waals surface area (Å²) in [6.45, 7) is 6.83. The van der Waals surface area contributed by atoms with Crippen molar-refractivity contribution in [3.05, 3.63) is 53.6 Å². The maximum absolute atomic E-state index is 12.9. The van der Waals surface area contributed by atoms with Gasteiger partial charge in [0.1, 0.15) is 13.2 Å². The zero-order valence-corrected chi connectivity index (χ0v) is 17.7. The van der Waals surface area contributed by atoms with E-state index in [9.17, 15) is 9.59 Å². The van der Waals surface area contributed by atoms with E-state index in [-0.39, 0.29) is 29.7 Å². The smallest absolute Gasteiger partial charge is 0.252 e. The van der Waals surface area contributed by atoms with Crippen LogP contribution < -0.4 is 20.1 Å². The van der Waals surface area contributed by atoms with Crippen LogP contribution in [-0.4, -0.2) is 36.8 Å². The largest absolute Gasteiger partial charge is 0.486 e. The predicted octanol–water partition coefficient (Wildman–Crippen LogP) is 3.57. The summed E-state index contributed by atoms with van der Waals surface area (Å²) in [5, 5.41) is 5.89. The lowest BCUT2D eigenvalue weighted by Crippen LogP contribution is -2.31. The highest BCUT2D eigenvalue weighted by Crippen LogP contribution is 2.32. The van der Waals surface area contributed by atoms with E-state index in [0.29, 0.717) is 24.5 Å². The number of fused-ring (bicyclic) bond motifs is 1. The molecule has 0 radical (unpaired) electrons. The van der Waals surface area contributed by atoms with Crippen LogP contribution in [0.5, 0.6) is 11.5 Å². The van der Waals surface area contributed by atoms with Gasteiger partial charge in [-0.1, -0.05) is 18.2 Å². The summed E-state index contributed by atoms with van der Waals surface area (Å²) in [4.78, 5) is 25.6. The van der Waals surface area contributed by atoms with E-state index in [2.05, 4.69) is 10.6 Å². The number of carbonyl (C=O) groups is 2. The monoisotopic (exact) mass is 414 g/mol. The van der Waals surface area contributed by atoms with Crippen molar-refractivity contribution in [2.75, 3.05) is 19.0 Å². The molecule has 3 rings (SSSR count). The van der Waals surface area contributed by atoms with Crippen LogP contribution in [-0.2, 0) is 4.79 Å². The second kappa shape index (κ2) is 9.69. The summed E-state index contributed by atoms with van der Waals surface area (Å²) in [6, 6.07) is 12.9. The van der Waals surface area contributed by atoms with Crippen molar-refractivity contribution >= 4 is 23.6 Å². The van der Waals surface area contributed by atoms with Gasteiger partial charge in [-0.25, -0.2) is 0 Å². The molecule has 0 aromatic heterocycles. The molecule has 7 heteroatoms. The topological polar surface area (TPSA) is 76.7 Å². The number of amides is 2. The standard InChI is InChI=1S/C22H26N2O4S/c1-14(2)23-21(25)13-29-20-7-5-4-6-17(20)22(26)24-15(3)16-8-9-18-19(12-16)28-11-10-27-18/h4-9,12,14-15H,10-11,13H2,1-3H3,(H,23,25)(H,24,26). The Bertz CT molecular complexity index is 885. The van der Waals surface area contributed by atoms with E-state index >= 15 is 0 Å². The molecule has 0 saturated carbocycles. The van der Waals surface area contributed by atoms with Gasteiger partial charge in [0.05, 0.1) is 17.4 Å². The SMILES string of the molecule is CC(C)NC(=O)CSc1ccccc1C(=O)NC(C)c1ccc2c(c1)OCCO2. The fourth-order valence-corrected chi connectivity index (χ4v) is 3.84. The Morgan fingerprint density at radius 2 is 1.72 bits per heavy atom. The lowest BCUT2D eigenvalue weighted by molar-refractivity contribution is -0.119. The normalized spacial score (nSPS) is 13.7. The van der Waals surface area contributed by atoms with Crippen LogP contribution in [0.25, 0.3) is 0 Å². The van der Waals surface area contributed by atoms with E-state index in [4.69, 9.17) is 9.47 Å². The zero-order chi connectivity index (χ0) is 20.8. The van der Waals surface area contributed by atoms with Gasteiger partial charge in [0.2, 0.25) is 5.91 Å². The van der Waals surface area contributed by atoms with Crippen LogP contribution in [0.1, 0.15) is 42.7 Å². The van der Waals surface area contributed by atoms with Gasteiger partial charge in [0.25, 0.3) is 5.91 Å². The first-order valence-corrected chi connectivity index (χ1v) is 10.6. The molecule has 1 atom stereocenters. The second-order valence-electron chi connectivity index (χ2n) is 7.11. The quantitative estimate of drug-likeness (QED) is 0.678. The number of carbonyl (C=O) groups excluding carboxylic acids is 2. The first kappa shape index (κ1) is 21.0. The van der Waals surface area contributed by atoms with Crippen molar-refractivity contribution in [1.29, 1.82) is 0 Å². The molecule has 0 fully saturated rings.